The molecule has 1 rings (SSSR count). The van der Waals surface area contributed by atoms with Crippen LogP contribution in [0.25, 0.3) is 0 Å². The van der Waals surface area contributed by atoms with Gasteiger partial charge in [-0.15, -0.1) is 0 Å². The second kappa shape index (κ2) is 6.26. The Balaban J connectivity index is 3.06. The molecule has 0 aromatic heterocycles. The summed E-state index contributed by atoms with van der Waals surface area (Å²) in [4.78, 5) is 12.2. The summed E-state index contributed by atoms with van der Waals surface area (Å²) in [6.07, 6.45) is 0.574. The van der Waals surface area contributed by atoms with Crippen molar-refractivity contribution < 1.29 is 14.3 Å². The fourth-order valence-electron chi connectivity index (χ4n) is 1.58. The van der Waals surface area contributed by atoms with E-state index in [1.807, 2.05) is 13.8 Å². The topological polar surface area (TPSA) is 47.6 Å². The highest BCUT2D eigenvalue weighted by atomic mass is 35.5. The molecule has 1 N–H and O–H groups in total. The summed E-state index contributed by atoms with van der Waals surface area (Å²) in [5.74, 6) is 0.316. The summed E-state index contributed by atoms with van der Waals surface area (Å²) in [6.45, 7) is 5.51. The molecule has 106 valence electrons. The smallest absolute Gasteiger partial charge is 0.256 e. The van der Waals surface area contributed by atoms with Gasteiger partial charge in [-0.3, -0.25) is 4.79 Å². The van der Waals surface area contributed by atoms with E-state index in [1.54, 1.807) is 19.1 Å². The van der Waals surface area contributed by atoms with Gasteiger partial charge in [-0.25, -0.2) is 0 Å². The van der Waals surface area contributed by atoms with Gasteiger partial charge < -0.3 is 14.8 Å². The zero-order chi connectivity index (χ0) is 14.6. The van der Waals surface area contributed by atoms with Gasteiger partial charge in [0.15, 0.2) is 0 Å². The molecule has 1 aromatic carbocycles. The minimum absolute atomic E-state index is 0.211. The Hall–Kier alpha value is -1.26. The molecule has 0 aliphatic heterocycles. The number of rotatable bonds is 5. The zero-order valence-electron chi connectivity index (χ0n) is 12.0. The molecule has 4 nitrogen and oxygen atoms in total. The van der Waals surface area contributed by atoms with E-state index in [0.717, 1.165) is 5.56 Å². The van der Waals surface area contributed by atoms with Crippen molar-refractivity contribution in [2.24, 2.45) is 0 Å². The van der Waals surface area contributed by atoms with Crippen LogP contribution in [0.15, 0.2) is 12.1 Å². The van der Waals surface area contributed by atoms with Crippen LogP contribution in [0.5, 0.6) is 5.75 Å². The van der Waals surface area contributed by atoms with Crippen LogP contribution in [-0.2, 0) is 9.53 Å². The molecule has 5 heteroatoms. The molecule has 0 radical (unpaired) electrons. The Kier molecular flexibility index (Phi) is 5.20. The van der Waals surface area contributed by atoms with Crippen LogP contribution >= 0.6 is 11.6 Å². The predicted octanol–water partition coefficient (Wildman–Crippen LogP) is 3.41. The SMILES string of the molecule is CCC(C)(OC)C(=O)Nc1cc(C)c(Cl)cc1OC. The largest absolute Gasteiger partial charge is 0.495 e. The number of amides is 1. The molecule has 0 heterocycles. The molecule has 0 aliphatic carbocycles. The maximum atomic E-state index is 12.2. The first-order valence-corrected chi connectivity index (χ1v) is 6.46. The first kappa shape index (κ1) is 15.8. The highest BCUT2D eigenvalue weighted by molar-refractivity contribution is 6.31. The molecule has 1 unspecified atom stereocenters. The van der Waals surface area contributed by atoms with Gasteiger partial charge in [0.05, 0.1) is 12.8 Å². The highest BCUT2D eigenvalue weighted by Gasteiger charge is 2.31. The summed E-state index contributed by atoms with van der Waals surface area (Å²) < 4.78 is 10.5. The molecule has 0 aliphatic rings. The first-order valence-electron chi connectivity index (χ1n) is 6.08. The maximum Gasteiger partial charge on any atom is 0.256 e. The monoisotopic (exact) mass is 285 g/mol. The number of benzene rings is 1. The Bertz CT molecular complexity index is 470. The lowest BCUT2D eigenvalue weighted by Gasteiger charge is -2.25. The minimum Gasteiger partial charge on any atom is -0.495 e. The number of halogens is 1. The zero-order valence-corrected chi connectivity index (χ0v) is 12.7. The van der Waals surface area contributed by atoms with Gasteiger partial charge in [0.25, 0.3) is 5.91 Å². The van der Waals surface area contributed by atoms with Gasteiger partial charge in [0.1, 0.15) is 11.4 Å². The molecular formula is C14H20ClNO3. The van der Waals surface area contributed by atoms with Crippen molar-refractivity contribution in [1.29, 1.82) is 0 Å². The summed E-state index contributed by atoms with van der Waals surface area (Å²) >= 11 is 6.03. The van der Waals surface area contributed by atoms with E-state index in [9.17, 15) is 4.79 Å². The molecule has 0 spiro atoms. The molecular weight excluding hydrogens is 266 g/mol. The predicted molar refractivity (Wildman–Crippen MR) is 77.1 cm³/mol. The third kappa shape index (κ3) is 3.39. The fraction of sp³-hybridized carbons (Fsp3) is 0.500. The quantitative estimate of drug-likeness (QED) is 0.902. The van der Waals surface area contributed by atoms with Crippen molar-refractivity contribution >= 4 is 23.2 Å². The molecule has 1 atom stereocenters. The number of ether oxygens (including phenoxy) is 2. The van der Waals surface area contributed by atoms with Crippen LogP contribution in [-0.4, -0.2) is 25.7 Å². The average Bonchev–Trinajstić information content (AvgIpc) is 2.41. The van der Waals surface area contributed by atoms with E-state index in [4.69, 9.17) is 21.1 Å². The Morgan fingerprint density at radius 2 is 2.05 bits per heavy atom. The van der Waals surface area contributed by atoms with Gasteiger partial charge >= 0.3 is 0 Å². The Morgan fingerprint density at radius 3 is 2.53 bits per heavy atom. The van der Waals surface area contributed by atoms with E-state index in [1.165, 1.54) is 14.2 Å². The summed E-state index contributed by atoms with van der Waals surface area (Å²) in [7, 11) is 3.05. The van der Waals surface area contributed by atoms with Crippen molar-refractivity contribution in [3.05, 3.63) is 22.7 Å². The van der Waals surface area contributed by atoms with Crippen molar-refractivity contribution in [3.8, 4) is 5.75 Å². The number of hydrogen-bond donors (Lipinski definition) is 1. The van der Waals surface area contributed by atoms with Gasteiger partial charge in [0, 0.05) is 18.2 Å². The molecule has 1 aromatic rings. The molecule has 0 fully saturated rings. The maximum absolute atomic E-state index is 12.2. The van der Waals surface area contributed by atoms with Crippen LogP contribution in [0.2, 0.25) is 5.02 Å². The van der Waals surface area contributed by atoms with Crippen molar-refractivity contribution in [2.75, 3.05) is 19.5 Å². The lowest BCUT2D eigenvalue weighted by Crippen LogP contribution is -2.41. The van der Waals surface area contributed by atoms with Crippen molar-refractivity contribution in [1.82, 2.24) is 0 Å². The molecule has 1 amide bonds. The van der Waals surface area contributed by atoms with Gasteiger partial charge in [-0.05, 0) is 31.9 Å². The summed E-state index contributed by atoms with van der Waals surface area (Å²) in [5.41, 5.74) is 0.595. The number of nitrogens with one attached hydrogen (secondary N) is 1. The molecule has 19 heavy (non-hydrogen) atoms. The van der Waals surface area contributed by atoms with Crippen LogP contribution < -0.4 is 10.1 Å². The normalized spacial score (nSPS) is 13.8. The minimum atomic E-state index is -0.863. The number of anilines is 1. The lowest BCUT2D eigenvalue weighted by molar-refractivity contribution is -0.136. The van der Waals surface area contributed by atoms with Gasteiger partial charge in [0.2, 0.25) is 0 Å². The van der Waals surface area contributed by atoms with Gasteiger partial charge in [-0.2, -0.15) is 0 Å². The molecule has 0 saturated carbocycles. The Morgan fingerprint density at radius 1 is 1.42 bits per heavy atom. The molecule has 0 saturated heterocycles. The van der Waals surface area contributed by atoms with Crippen molar-refractivity contribution in [2.45, 2.75) is 32.8 Å². The Labute approximate surface area is 119 Å². The summed E-state index contributed by atoms with van der Waals surface area (Å²) in [5, 5.41) is 3.42. The van der Waals surface area contributed by atoms with E-state index in [0.29, 0.717) is 22.9 Å². The number of carbonyl (C=O) groups is 1. The van der Waals surface area contributed by atoms with Crippen LogP contribution in [0.1, 0.15) is 25.8 Å². The van der Waals surface area contributed by atoms with Crippen LogP contribution in [0.3, 0.4) is 0 Å². The average molecular weight is 286 g/mol. The van der Waals surface area contributed by atoms with Crippen molar-refractivity contribution in [3.63, 3.8) is 0 Å². The third-order valence-electron chi connectivity index (χ3n) is 3.33. The summed E-state index contributed by atoms with van der Waals surface area (Å²) in [6, 6.07) is 3.47. The molecule has 0 bridgehead atoms. The second-order valence-corrected chi connectivity index (χ2v) is 4.95. The fourth-order valence-corrected chi connectivity index (χ4v) is 1.74. The van der Waals surface area contributed by atoms with E-state index >= 15 is 0 Å². The van der Waals surface area contributed by atoms with E-state index in [-0.39, 0.29) is 5.91 Å². The third-order valence-corrected chi connectivity index (χ3v) is 3.74. The first-order chi connectivity index (χ1) is 8.87. The number of carbonyl (C=O) groups excluding carboxylic acids is 1. The van der Waals surface area contributed by atoms with Crippen LogP contribution in [0.4, 0.5) is 5.69 Å². The number of methoxy groups -OCH3 is 2. The lowest BCUT2D eigenvalue weighted by atomic mass is 10.0. The number of aryl methyl sites for hydroxylation is 1. The van der Waals surface area contributed by atoms with Crippen LogP contribution in [0, 0.1) is 6.92 Å². The van der Waals surface area contributed by atoms with E-state index < -0.39 is 5.60 Å². The second-order valence-electron chi connectivity index (χ2n) is 4.54. The highest BCUT2D eigenvalue weighted by Crippen LogP contribution is 2.31. The number of hydrogen-bond acceptors (Lipinski definition) is 3. The standard InChI is InChI=1S/C14H20ClNO3/c1-6-14(3,19-5)13(17)16-11-7-9(2)10(15)8-12(11)18-4/h7-8H,6H2,1-5H3,(H,16,17). The van der Waals surface area contributed by atoms with E-state index in [2.05, 4.69) is 5.32 Å². The van der Waals surface area contributed by atoms with Gasteiger partial charge in [-0.1, -0.05) is 18.5 Å².